The van der Waals surface area contributed by atoms with Crippen LogP contribution in [0.3, 0.4) is 0 Å². The molecule has 0 saturated carbocycles. The minimum Gasteiger partial charge on any atom is -0.490 e. The quantitative estimate of drug-likeness (QED) is 0.175. The molecule has 36 heavy (non-hydrogen) atoms. The molecule has 0 aliphatic carbocycles. The number of carbonyl (C=O) groups is 1. The Hall–Kier alpha value is -2.69. The standard InChI is InChI=1S/C26H23Cl2IN2O5/c1-2-33-24-11-17(9-21(29)26(24)36-15-18-4-5-19(27)13-20(18)28)14-30-31-25(32)12-16-3-6-22-23(10-16)35-8-7-34-22/h3-6,9-11,13-14H,2,7-8,12,15H2,1H3,(H,31,32)/b30-14+. The van der Waals surface area contributed by atoms with Gasteiger partial charge in [0, 0.05) is 15.6 Å². The van der Waals surface area contributed by atoms with E-state index in [0.717, 1.165) is 20.3 Å². The van der Waals surface area contributed by atoms with E-state index < -0.39 is 0 Å². The minimum absolute atomic E-state index is 0.162. The Balaban J connectivity index is 1.39. The summed E-state index contributed by atoms with van der Waals surface area (Å²) in [6, 6.07) is 14.4. The van der Waals surface area contributed by atoms with Crippen LogP contribution in [0.5, 0.6) is 23.0 Å². The zero-order chi connectivity index (χ0) is 25.5. The average molecular weight is 641 g/mol. The van der Waals surface area contributed by atoms with Gasteiger partial charge in [-0.15, -0.1) is 0 Å². The summed E-state index contributed by atoms with van der Waals surface area (Å²) in [5, 5.41) is 5.20. The van der Waals surface area contributed by atoms with Gasteiger partial charge in [-0.1, -0.05) is 35.3 Å². The highest BCUT2D eigenvalue weighted by molar-refractivity contribution is 14.1. The van der Waals surface area contributed by atoms with E-state index in [1.807, 2.05) is 37.3 Å². The number of halogens is 3. The fourth-order valence-electron chi connectivity index (χ4n) is 3.46. The molecule has 1 aliphatic rings. The number of carbonyl (C=O) groups excluding carboxylic acids is 1. The zero-order valence-electron chi connectivity index (χ0n) is 19.4. The summed E-state index contributed by atoms with van der Waals surface area (Å²) in [6.45, 7) is 3.63. The summed E-state index contributed by atoms with van der Waals surface area (Å²) in [4.78, 5) is 12.4. The van der Waals surface area contributed by atoms with E-state index in [4.69, 9.17) is 42.1 Å². The normalized spacial score (nSPS) is 12.4. The molecule has 0 unspecified atom stereocenters. The predicted molar refractivity (Wildman–Crippen MR) is 148 cm³/mol. The molecule has 0 atom stereocenters. The lowest BCUT2D eigenvalue weighted by molar-refractivity contribution is -0.120. The third-order valence-electron chi connectivity index (χ3n) is 5.09. The summed E-state index contributed by atoms with van der Waals surface area (Å²) < 4.78 is 23.7. The summed E-state index contributed by atoms with van der Waals surface area (Å²) >= 11 is 14.4. The summed E-state index contributed by atoms with van der Waals surface area (Å²) in [5.74, 6) is 2.25. The number of nitrogens with zero attached hydrogens (tertiary/aromatic N) is 1. The van der Waals surface area contributed by atoms with Gasteiger partial charge in [0.25, 0.3) is 0 Å². The molecule has 0 bridgehead atoms. The largest absolute Gasteiger partial charge is 0.490 e. The molecule has 3 aromatic rings. The van der Waals surface area contributed by atoms with Gasteiger partial charge in [0.05, 0.1) is 22.8 Å². The first kappa shape index (κ1) is 26.4. The second kappa shape index (κ2) is 12.5. The smallest absolute Gasteiger partial charge is 0.244 e. The van der Waals surface area contributed by atoms with Crippen molar-refractivity contribution in [2.24, 2.45) is 5.10 Å². The van der Waals surface area contributed by atoms with Crippen molar-refractivity contribution in [3.05, 3.63) is 78.8 Å². The number of benzene rings is 3. The van der Waals surface area contributed by atoms with Gasteiger partial charge in [-0.3, -0.25) is 4.79 Å². The Labute approximate surface area is 232 Å². The van der Waals surface area contributed by atoms with Crippen LogP contribution in [-0.4, -0.2) is 31.9 Å². The Morgan fingerprint density at radius 1 is 1.08 bits per heavy atom. The van der Waals surface area contributed by atoms with E-state index in [0.29, 0.717) is 52.9 Å². The fourth-order valence-corrected chi connectivity index (χ4v) is 4.70. The zero-order valence-corrected chi connectivity index (χ0v) is 23.0. The van der Waals surface area contributed by atoms with Crippen molar-refractivity contribution in [1.82, 2.24) is 5.43 Å². The third-order valence-corrected chi connectivity index (χ3v) is 6.48. The first-order valence-electron chi connectivity index (χ1n) is 11.2. The molecule has 1 heterocycles. The molecule has 188 valence electrons. The van der Waals surface area contributed by atoms with Crippen LogP contribution in [0.25, 0.3) is 0 Å². The number of hydrazone groups is 1. The predicted octanol–water partition coefficient (Wildman–Crippen LogP) is 6.04. The number of fused-ring (bicyclic) bond motifs is 1. The maximum atomic E-state index is 12.4. The van der Waals surface area contributed by atoms with E-state index in [1.54, 1.807) is 24.4 Å². The van der Waals surface area contributed by atoms with Crippen LogP contribution < -0.4 is 24.4 Å². The lowest BCUT2D eigenvalue weighted by Gasteiger charge is -2.18. The van der Waals surface area contributed by atoms with Gasteiger partial charge < -0.3 is 18.9 Å². The minimum atomic E-state index is -0.248. The second-order valence-electron chi connectivity index (χ2n) is 7.74. The summed E-state index contributed by atoms with van der Waals surface area (Å²) in [5.41, 5.74) is 4.93. The van der Waals surface area contributed by atoms with Crippen LogP contribution >= 0.6 is 45.8 Å². The molecule has 10 heteroatoms. The van der Waals surface area contributed by atoms with E-state index >= 15 is 0 Å². The summed E-state index contributed by atoms with van der Waals surface area (Å²) in [7, 11) is 0. The number of ether oxygens (including phenoxy) is 4. The fraction of sp³-hybridized carbons (Fsp3) is 0.231. The number of hydrogen-bond donors (Lipinski definition) is 1. The number of hydrogen-bond acceptors (Lipinski definition) is 6. The maximum Gasteiger partial charge on any atom is 0.244 e. The van der Waals surface area contributed by atoms with Crippen molar-refractivity contribution in [3.63, 3.8) is 0 Å². The summed E-state index contributed by atoms with van der Waals surface area (Å²) in [6.07, 6.45) is 1.72. The van der Waals surface area contributed by atoms with Crippen molar-refractivity contribution in [1.29, 1.82) is 0 Å². The van der Waals surface area contributed by atoms with Crippen LogP contribution in [-0.2, 0) is 17.8 Å². The lowest BCUT2D eigenvalue weighted by atomic mass is 10.1. The highest BCUT2D eigenvalue weighted by atomic mass is 127. The van der Waals surface area contributed by atoms with Gasteiger partial charge in [0.15, 0.2) is 23.0 Å². The Kier molecular flexibility index (Phi) is 9.17. The molecular weight excluding hydrogens is 618 g/mol. The van der Waals surface area contributed by atoms with Crippen molar-refractivity contribution in [3.8, 4) is 23.0 Å². The average Bonchev–Trinajstić information content (AvgIpc) is 2.85. The molecule has 1 aliphatic heterocycles. The first-order chi connectivity index (χ1) is 17.4. The number of amides is 1. The monoisotopic (exact) mass is 640 g/mol. The number of rotatable bonds is 9. The molecule has 1 N–H and O–H groups in total. The van der Waals surface area contributed by atoms with E-state index in [1.165, 1.54) is 0 Å². The molecule has 0 spiro atoms. The molecule has 7 nitrogen and oxygen atoms in total. The first-order valence-corrected chi connectivity index (χ1v) is 13.0. The van der Waals surface area contributed by atoms with Crippen molar-refractivity contribution < 1.29 is 23.7 Å². The molecule has 4 rings (SSSR count). The van der Waals surface area contributed by atoms with Gasteiger partial charge in [0.2, 0.25) is 5.91 Å². The van der Waals surface area contributed by atoms with Gasteiger partial charge in [0.1, 0.15) is 19.8 Å². The van der Waals surface area contributed by atoms with Gasteiger partial charge in [-0.05, 0) is 77.0 Å². The third kappa shape index (κ3) is 6.96. The molecule has 0 saturated heterocycles. The lowest BCUT2D eigenvalue weighted by Crippen LogP contribution is -2.20. The van der Waals surface area contributed by atoms with E-state index in [9.17, 15) is 4.79 Å². The van der Waals surface area contributed by atoms with E-state index in [-0.39, 0.29) is 18.9 Å². The highest BCUT2D eigenvalue weighted by Crippen LogP contribution is 2.35. The molecular formula is C26H23Cl2IN2O5. The SMILES string of the molecule is CCOc1cc(/C=N/NC(=O)Cc2ccc3c(c2)OCCO3)cc(I)c1OCc1ccc(Cl)cc1Cl. The Morgan fingerprint density at radius 2 is 1.89 bits per heavy atom. The van der Waals surface area contributed by atoms with Crippen LogP contribution in [0, 0.1) is 3.57 Å². The van der Waals surface area contributed by atoms with Crippen molar-refractivity contribution >= 4 is 57.9 Å². The van der Waals surface area contributed by atoms with Gasteiger partial charge in [-0.25, -0.2) is 5.43 Å². The molecule has 3 aromatic carbocycles. The van der Waals surface area contributed by atoms with Crippen LogP contribution in [0.15, 0.2) is 53.6 Å². The Morgan fingerprint density at radius 3 is 2.67 bits per heavy atom. The molecule has 0 fully saturated rings. The Bertz CT molecular complexity index is 1290. The van der Waals surface area contributed by atoms with Crippen LogP contribution in [0.4, 0.5) is 0 Å². The van der Waals surface area contributed by atoms with Gasteiger partial charge in [-0.2, -0.15) is 5.10 Å². The van der Waals surface area contributed by atoms with Crippen molar-refractivity contribution in [2.75, 3.05) is 19.8 Å². The molecule has 0 radical (unpaired) electrons. The van der Waals surface area contributed by atoms with Gasteiger partial charge >= 0.3 is 0 Å². The maximum absolute atomic E-state index is 12.4. The highest BCUT2D eigenvalue weighted by Gasteiger charge is 2.15. The van der Waals surface area contributed by atoms with E-state index in [2.05, 4.69) is 33.1 Å². The topological polar surface area (TPSA) is 78.4 Å². The van der Waals surface area contributed by atoms with Crippen molar-refractivity contribution in [2.45, 2.75) is 20.0 Å². The molecule has 1 amide bonds. The molecule has 0 aromatic heterocycles. The van der Waals surface area contributed by atoms with Crippen LogP contribution in [0.1, 0.15) is 23.6 Å². The number of nitrogens with one attached hydrogen (secondary N) is 1. The second-order valence-corrected chi connectivity index (χ2v) is 9.74. The van der Waals surface area contributed by atoms with Crippen LogP contribution in [0.2, 0.25) is 10.0 Å².